The van der Waals surface area contributed by atoms with E-state index in [4.69, 9.17) is 0 Å². The largest absolute Gasteiger partial charge is 0.390 e. The van der Waals surface area contributed by atoms with Crippen molar-refractivity contribution in [3.8, 4) is 0 Å². The predicted molar refractivity (Wildman–Crippen MR) is 52.0 cm³/mol. The molecule has 2 aliphatic rings. The number of aliphatic hydroxyl groups excluding tert-OH is 3. The van der Waals surface area contributed by atoms with Gasteiger partial charge in [-0.1, -0.05) is 0 Å². The third-order valence-corrected chi connectivity index (χ3v) is 4.75. The van der Waals surface area contributed by atoms with Gasteiger partial charge in [0.2, 0.25) is 0 Å². The monoisotopic (exact) mass is 237 g/mol. The van der Waals surface area contributed by atoms with Crippen molar-refractivity contribution in [2.24, 2.45) is 0 Å². The van der Waals surface area contributed by atoms with Crippen molar-refractivity contribution >= 4 is 9.84 Å². The Bertz CT molecular complexity index is 333. The van der Waals surface area contributed by atoms with Crippen LogP contribution in [0.5, 0.6) is 0 Å². The highest BCUT2D eigenvalue weighted by Gasteiger charge is 2.44. The Morgan fingerprint density at radius 1 is 0.933 bits per heavy atom. The zero-order valence-corrected chi connectivity index (χ0v) is 8.97. The molecular weight excluding hydrogens is 222 g/mol. The van der Waals surface area contributed by atoms with E-state index in [2.05, 4.69) is 0 Å². The van der Waals surface area contributed by atoms with Gasteiger partial charge in [0, 0.05) is 13.1 Å². The highest BCUT2D eigenvalue weighted by molar-refractivity contribution is 7.91. The highest BCUT2D eigenvalue weighted by atomic mass is 32.2. The molecule has 0 aromatic carbocycles. The lowest BCUT2D eigenvalue weighted by atomic mass is 10.2. The summed E-state index contributed by atoms with van der Waals surface area (Å²) in [5.41, 5.74) is 0. The van der Waals surface area contributed by atoms with Crippen LogP contribution in [0.15, 0.2) is 0 Å². The van der Waals surface area contributed by atoms with Crippen LogP contribution >= 0.6 is 0 Å². The van der Waals surface area contributed by atoms with Crippen molar-refractivity contribution in [2.45, 2.75) is 24.4 Å². The summed E-state index contributed by atoms with van der Waals surface area (Å²) in [5.74, 6) is -0.312. The van der Waals surface area contributed by atoms with Crippen LogP contribution in [0.2, 0.25) is 0 Å². The van der Waals surface area contributed by atoms with Crippen molar-refractivity contribution < 1.29 is 23.7 Å². The molecule has 0 saturated carbocycles. The minimum atomic E-state index is -3.17. The summed E-state index contributed by atoms with van der Waals surface area (Å²) in [5, 5.41) is 28.2. The standard InChI is InChI=1S/C8H15NO5S/c10-6-1-9(2-7(6)11)5-3-15(13,14)4-8(5)12/h5-8,10-12H,1-4H2. The second kappa shape index (κ2) is 3.67. The Kier molecular flexibility index (Phi) is 2.76. The lowest BCUT2D eigenvalue weighted by molar-refractivity contribution is 0.0572. The molecular formula is C8H15NO5S. The van der Waals surface area contributed by atoms with Gasteiger partial charge in [0.15, 0.2) is 9.84 Å². The van der Waals surface area contributed by atoms with E-state index in [9.17, 15) is 23.7 Å². The van der Waals surface area contributed by atoms with Crippen molar-refractivity contribution in [3.63, 3.8) is 0 Å². The van der Waals surface area contributed by atoms with Gasteiger partial charge < -0.3 is 15.3 Å². The van der Waals surface area contributed by atoms with Crippen LogP contribution in [0.4, 0.5) is 0 Å². The van der Waals surface area contributed by atoms with Crippen LogP contribution in [-0.2, 0) is 9.84 Å². The lowest BCUT2D eigenvalue weighted by Crippen LogP contribution is -2.42. The summed E-state index contributed by atoms with van der Waals surface area (Å²) in [4.78, 5) is 1.64. The molecule has 4 atom stereocenters. The molecule has 2 fully saturated rings. The minimum Gasteiger partial charge on any atom is -0.390 e. The SMILES string of the molecule is O=S1(=O)CC(O)C(N2CC(O)C(O)C2)C1. The lowest BCUT2D eigenvalue weighted by Gasteiger charge is -2.24. The summed E-state index contributed by atoms with van der Waals surface area (Å²) in [6.07, 6.45) is -2.60. The number of β-amino-alcohol motifs (C(OH)–C–C–N with tert-alkyl or cyclic N) is 2. The second-order valence-electron chi connectivity index (χ2n) is 4.30. The van der Waals surface area contributed by atoms with Gasteiger partial charge >= 0.3 is 0 Å². The Labute approximate surface area is 88.1 Å². The smallest absolute Gasteiger partial charge is 0.154 e. The summed E-state index contributed by atoms with van der Waals surface area (Å²) in [6, 6.07) is -0.484. The Hall–Kier alpha value is -0.210. The Morgan fingerprint density at radius 2 is 1.47 bits per heavy atom. The Balaban J connectivity index is 2.07. The zero-order valence-electron chi connectivity index (χ0n) is 8.15. The molecule has 0 radical (unpaired) electrons. The van der Waals surface area contributed by atoms with Crippen LogP contribution in [-0.4, -0.2) is 77.6 Å². The van der Waals surface area contributed by atoms with E-state index in [0.717, 1.165) is 0 Å². The van der Waals surface area contributed by atoms with E-state index in [-0.39, 0.29) is 24.6 Å². The van der Waals surface area contributed by atoms with Crippen LogP contribution in [0, 0.1) is 0 Å². The quantitative estimate of drug-likeness (QED) is 0.455. The summed E-state index contributed by atoms with van der Waals surface area (Å²) in [7, 11) is -3.17. The van der Waals surface area contributed by atoms with Gasteiger partial charge in [0.25, 0.3) is 0 Å². The van der Waals surface area contributed by atoms with E-state index in [0.29, 0.717) is 0 Å². The van der Waals surface area contributed by atoms with Gasteiger partial charge in [-0.2, -0.15) is 0 Å². The Morgan fingerprint density at radius 3 is 1.87 bits per heavy atom. The number of rotatable bonds is 1. The van der Waals surface area contributed by atoms with Crippen molar-refractivity contribution in [3.05, 3.63) is 0 Å². The predicted octanol–water partition coefficient (Wildman–Crippen LogP) is -2.82. The van der Waals surface area contributed by atoms with Crippen LogP contribution in [0.1, 0.15) is 0 Å². The number of hydrogen-bond acceptors (Lipinski definition) is 6. The average Bonchev–Trinajstić information content (AvgIpc) is 2.54. The number of aliphatic hydroxyl groups is 3. The molecule has 2 aliphatic heterocycles. The molecule has 2 heterocycles. The maximum absolute atomic E-state index is 11.3. The third-order valence-electron chi connectivity index (χ3n) is 3.05. The molecule has 6 nitrogen and oxygen atoms in total. The average molecular weight is 237 g/mol. The van der Waals surface area contributed by atoms with Crippen LogP contribution < -0.4 is 0 Å². The molecule has 0 aliphatic carbocycles. The van der Waals surface area contributed by atoms with Gasteiger partial charge in [0.05, 0.1) is 35.9 Å². The van der Waals surface area contributed by atoms with Crippen LogP contribution in [0.25, 0.3) is 0 Å². The molecule has 88 valence electrons. The fourth-order valence-corrected chi connectivity index (χ4v) is 4.06. The maximum Gasteiger partial charge on any atom is 0.154 e. The molecule has 2 rings (SSSR count). The first kappa shape index (κ1) is 11.3. The fourth-order valence-electron chi connectivity index (χ4n) is 2.23. The third kappa shape index (κ3) is 2.16. The molecule has 4 unspecified atom stereocenters. The number of likely N-dealkylation sites (tertiary alicyclic amines) is 1. The first-order valence-corrected chi connectivity index (χ1v) is 6.70. The molecule has 0 amide bonds. The van der Waals surface area contributed by atoms with Gasteiger partial charge in [-0.15, -0.1) is 0 Å². The molecule has 0 bridgehead atoms. The summed E-state index contributed by atoms with van der Waals surface area (Å²) in [6.45, 7) is 0.441. The summed E-state index contributed by atoms with van der Waals surface area (Å²) >= 11 is 0. The minimum absolute atomic E-state index is 0.0897. The van der Waals surface area contributed by atoms with Gasteiger partial charge in [-0.05, 0) is 0 Å². The molecule has 7 heteroatoms. The highest BCUT2D eigenvalue weighted by Crippen LogP contribution is 2.22. The van der Waals surface area contributed by atoms with Crippen molar-refractivity contribution in [2.75, 3.05) is 24.6 Å². The molecule has 2 saturated heterocycles. The molecule has 0 spiro atoms. The van der Waals surface area contributed by atoms with Gasteiger partial charge in [0.1, 0.15) is 0 Å². The van der Waals surface area contributed by atoms with Gasteiger partial charge in [-0.3, -0.25) is 4.90 Å². The number of sulfone groups is 1. The van der Waals surface area contributed by atoms with E-state index in [1.54, 1.807) is 4.90 Å². The molecule has 0 aromatic rings. The van der Waals surface area contributed by atoms with Crippen LogP contribution in [0.3, 0.4) is 0 Å². The second-order valence-corrected chi connectivity index (χ2v) is 6.45. The van der Waals surface area contributed by atoms with Crippen molar-refractivity contribution in [1.29, 1.82) is 0 Å². The molecule has 3 N–H and O–H groups in total. The summed E-state index contributed by atoms with van der Waals surface area (Å²) < 4.78 is 22.5. The number of nitrogens with zero attached hydrogens (tertiary/aromatic N) is 1. The molecule has 0 aromatic heterocycles. The molecule has 15 heavy (non-hydrogen) atoms. The van der Waals surface area contributed by atoms with Gasteiger partial charge in [-0.25, -0.2) is 8.42 Å². The van der Waals surface area contributed by atoms with E-state index in [1.165, 1.54) is 0 Å². The number of hydrogen-bond donors (Lipinski definition) is 3. The normalized spacial score (nSPS) is 46.1. The zero-order chi connectivity index (χ0) is 11.2. The first-order chi connectivity index (χ1) is 6.89. The van der Waals surface area contributed by atoms with E-state index in [1.807, 2.05) is 0 Å². The first-order valence-electron chi connectivity index (χ1n) is 4.88. The van der Waals surface area contributed by atoms with E-state index >= 15 is 0 Å². The van der Waals surface area contributed by atoms with E-state index < -0.39 is 34.2 Å². The fraction of sp³-hybridized carbons (Fsp3) is 1.00. The van der Waals surface area contributed by atoms with Crippen molar-refractivity contribution in [1.82, 2.24) is 4.90 Å². The topological polar surface area (TPSA) is 98.1 Å². The maximum atomic E-state index is 11.3.